The van der Waals surface area contributed by atoms with Crippen molar-refractivity contribution in [3.05, 3.63) is 24.3 Å². The highest BCUT2D eigenvalue weighted by atomic mass is 35.5. The van der Waals surface area contributed by atoms with Crippen molar-refractivity contribution in [3.8, 4) is 5.75 Å². The molecule has 1 aliphatic rings. The number of carbonyl (C=O) groups excluding carboxylic acids is 1. The molecule has 0 spiro atoms. The van der Waals surface area contributed by atoms with Crippen molar-refractivity contribution in [1.29, 1.82) is 0 Å². The number of rotatable bonds is 3. The molecule has 0 unspecified atom stereocenters. The lowest BCUT2D eigenvalue weighted by molar-refractivity contribution is 0.142. The van der Waals surface area contributed by atoms with Crippen LogP contribution in [0.3, 0.4) is 0 Å². The average molecular weight is 259 g/mol. The smallest absolute Gasteiger partial charge is 0.411 e. The molecule has 94 valence electrons. The van der Waals surface area contributed by atoms with Gasteiger partial charge in [0.25, 0.3) is 0 Å². The minimum Gasteiger partial charge on any atom is -0.488 e. The van der Waals surface area contributed by atoms with Gasteiger partial charge in [0, 0.05) is 18.8 Å². The molecule has 1 fully saturated rings. The van der Waals surface area contributed by atoms with Crippen LogP contribution in [-0.2, 0) is 4.74 Å². The number of hydrogen-bond acceptors (Lipinski definition) is 4. The first-order valence-electron chi connectivity index (χ1n) is 5.10. The van der Waals surface area contributed by atoms with Gasteiger partial charge in [-0.3, -0.25) is 5.32 Å². The number of nitrogens with one attached hydrogen (secondary N) is 2. The van der Waals surface area contributed by atoms with Gasteiger partial charge in [-0.1, -0.05) is 0 Å². The zero-order valence-corrected chi connectivity index (χ0v) is 10.3. The van der Waals surface area contributed by atoms with Gasteiger partial charge in [-0.15, -0.1) is 12.4 Å². The standard InChI is InChI=1S/C11H14N2O3.ClH/c1-15-11(14)13-8-2-4-9(5-3-8)16-10-6-12-7-10;/h2-5,10,12H,6-7H2,1H3,(H,13,14);1H. The number of hydrogen-bond donors (Lipinski definition) is 2. The topological polar surface area (TPSA) is 59.6 Å². The molecule has 6 heteroatoms. The van der Waals surface area contributed by atoms with E-state index in [-0.39, 0.29) is 18.5 Å². The second kappa shape index (κ2) is 6.32. The third kappa shape index (κ3) is 3.80. The Morgan fingerprint density at radius 2 is 2.00 bits per heavy atom. The van der Waals surface area contributed by atoms with E-state index in [9.17, 15) is 4.79 Å². The fraction of sp³-hybridized carbons (Fsp3) is 0.364. The molecule has 0 aliphatic carbocycles. The molecular formula is C11H15ClN2O3. The van der Waals surface area contributed by atoms with E-state index in [1.165, 1.54) is 7.11 Å². The van der Waals surface area contributed by atoms with Crippen LogP contribution in [0.2, 0.25) is 0 Å². The largest absolute Gasteiger partial charge is 0.488 e. The molecule has 0 bridgehead atoms. The molecule has 1 saturated heterocycles. The fourth-order valence-corrected chi connectivity index (χ4v) is 1.32. The number of methoxy groups -OCH3 is 1. The number of amides is 1. The van der Waals surface area contributed by atoms with Gasteiger partial charge in [0.1, 0.15) is 11.9 Å². The van der Waals surface area contributed by atoms with E-state index in [0.717, 1.165) is 18.8 Å². The van der Waals surface area contributed by atoms with Gasteiger partial charge in [-0.2, -0.15) is 0 Å². The molecule has 2 N–H and O–H groups in total. The molecule has 0 saturated carbocycles. The highest BCUT2D eigenvalue weighted by Crippen LogP contribution is 2.17. The van der Waals surface area contributed by atoms with Crippen LogP contribution in [0.1, 0.15) is 0 Å². The van der Waals surface area contributed by atoms with Crippen molar-refractivity contribution in [3.63, 3.8) is 0 Å². The summed E-state index contributed by atoms with van der Waals surface area (Å²) in [7, 11) is 1.33. The third-order valence-corrected chi connectivity index (χ3v) is 2.33. The van der Waals surface area contributed by atoms with Gasteiger partial charge in [0.2, 0.25) is 0 Å². The zero-order chi connectivity index (χ0) is 11.4. The van der Waals surface area contributed by atoms with Gasteiger partial charge in [-0.25, -0.2) is 4.79 Å². The van der Waals surface area contributed by atoms with Gasteiger partial charge >= 0.3 is 6.09 Å². The summed E-state index contributed by atoms with van der Waals surface area (Å²) in [4.78, 5) is 10.9. The van der Waals surface area contributed by atoms with Crippen molar-refractivity contribution in [2.75, 3.05) is 25.5 Å². The van der Waals surface area contributed by atoms with Crippen molar-refractivity contribution in [1.82, 2.24) is 5.32 Å². The van der Waals surface area contributed by atoms with Crippen LogP contribution < -0.4 is 15.4 Å². The summed E-state index contributed by atoms with van der Waals surface area (Å²) < 4.78 is 10.1. The Hall–Kier alpha value is -1.46. The van der Waals surface area contributed by atoms with Crippen LogP contribution in [0.15, 0.2) is 24.3 Å². The molecule has 5 nitrogen and oxygen atoms in total. The van der Waals surface area contributed by atoms with Gasteiger partial charge in [-0.05, 0) is 24.3 Å². The number of benzene rings is 1. The van der Waals surface area contributed by atoms with Crippen LogP contribution in [0.5, 0.6) is 5.75 Å². The molecule has 0 radical (unpaired) electrons. The Kier molecular flexibility index (Phi) is 5.06. The molecule has 0 atom stereocenters. The Morgan fingerprint density at radius 1 is 1.35 bits per heavy atom. The second-order valence-electron chi connectivity index (χ2n) is 3.54. The van der Waals surface area contributed by atoms with E-state index in [1.807, 2.05) is 12.1 Å². The number of ether oxygens (including phenoxy) is 2. The van der Waals surface area contributed by atoms with E-state index in [4.69, 9.17) is 4.74 Å². The van der Waals surface area contributed by atoms with E-state index < -0.39 is 6.09 Å². The maximum absolute atomic E-state index is 10.9. The van der Waals surface area contributed by atoms with Crippen LogP contribution in [0, 0.1) is 0 Å². The molecular weight excluding hydrogens is 244 g/mol. The Labute approximate surface area is 106 Å². The van der Waals surface area contributed by atoms with Crippen molar-refractivity contribution in [2.45, 2.75) is 6.10 Å². The second-order valence-corrected chi connectivity index (χ2v) is 3.54. The minimum atomic E-state index is -0.475. The molecule has 1 aliphatic heterocycles. The molecule has 17 heavy (non-hydrogen) atoms. The summed E-state index contributed by atoms with van der Waals surface area (Å²) in [6.07, 6.45) is -0.212. The highest BCUT2D eigenvalue weighted by Gasteiger charge is 2.17. The Morgan fingerprint density at radius 3 is 2.47 bits per heavy atom. The molecule has 0 aromatic heterocycles. The summed E-state index contributed by atoms with van der Waals surface area (Å²) in [6, 6.07) is 7.20. The maximum atomic E-state index is 10.9. The van der Waals surface area contributed by atoms with Gasteiger partial charge in [0.05, 0.1) is 7.11 Å². The number of anilines is 1. The monoisotopic (exact) mass is 258 g/mol. The van der Waals surface area contributed by atoms with Crippen LogP contribution in [0.4, 0.5) is 10.5 Å². The Bertz CT molecular complexity index is 365. The fourth-order valence-electron chi connectivity index (χ4n) is 1.32. The lowest BCUT2D eigenvalue weighted by Crippen LogP contribution is -2.50. The van der Waals surface area contributed by atoms with Gasteiger partial charge in [0.15, 0.2) is 0 Å². The highest BCUT2D eigenvalue weighted by molar-refractivity contribution is 5.85. The van der Waals surface area contributed by atoms with E-state index in [2.05, 4.69) is 15.4 Å². The van der Waals surface area contributed by atoms with Crippen LogP contribution in [0.25, 0.3) is 0 Å². The molecule has 1 heterocycles. The normalized spacial score (nSPS) is 14.2. The summed E-state index contributed by atoms with van der Waals surface area (Å²) >= 11 is 0. The quantitative estimate of drug-likeness (QED) is 0.865. The van der Waals surface area contributed by atoms with Crippen molar-refractivity contribution >= 4 is 24.2 Å². The first kappa shape index (κ1) is 13.6. The average Bonchev–Trinajstić information content (AvgIpc) is 2.25. The summed E-state index contributed by atoms with van der Waals surface area (Å²) in [6.45, 7) is 1.78. The molecule has 2 rings (SSSR count). The van der Waals surface area contributed by atoms with Crippen LogP contribution >= 0.6 is 12.4 Å². The first-order valence-corrected chi connectivity index (χ1v) is 5.10. The predicted molar refractivity (Wildman–Crippen MR) is 67.0 cm³/mol. The van der Waals surface area contributed by atoms with E-state index in [1.54, 1.807) is 12.1 Å². The first-order chi connectivity index (χ1) is 7.78. The number of carbonyl (C=O) groups is 1. The molecule has 1 amide bonds. The summed E-state index contributed by atoms with van der Waals surface area (Å²) in [5.41, 5.74) is 0.686. The predicted octanol–water partition coefficient (Wildman–Crippen LogP) is 1.64. The zero-order valence-electron chi connectivity index (χ0n) is 9.43. The van der Waals surface area contributed by atoms with Crippen LogP contribution in [-0.4, -0.2) is 32.4 Å². The molecule has 1 aromatic carbocycles. The summed E-state index contributed by atoms with van der Waals surface area (Å²) in [5, 5.41) is 5.70. The van der Waals surface area contributed by atoms with E-state index in [0.29, 0.717) is 5.69 Å². The third-order valence-electron chi connectivity index (χ3n) is 2.33. The number of halogens is 1. The van der Waals surface area contributed by atoms with Gasteiger partial charge < -0.3 is 14.8 Å². The molecule has 1 aromatic rings. The minimum absolute atomic E-state index is 0. The van der Waals surface area contributed by atoms with Crippen molar-refractivity contribution in [2.24, 2.45) is 0 Å². The SMILES string of the molecule is COC(=O)Nc1ccc(OC2CNC2)cc1.Cl. The Balaban J connectivity index is 0.00000144. The summed E-state index contributed by atoms with van der Waals surface area (Å²) in [5.74, 6) is 0.807. The lowest BCUT2D eigenvalue weighted by Gasteiger charge is -2.27. The van der Waals surface area contributed by atoms with Crippen molar-refractivity contribution < 1.29 is 14.3 Å². The van der Waals surface area contributed by atoms with E-state index >= 15 is 0 Å². The maximum Gasteiger partial charge on any atom is 0.411 e. The lowest BCUT2D eigenvalue weighted by atomic mass is 10.2.